The van der Waals surface area contributed by atoms with E-state index in [0.717, 1.165) is 19.4 Å². The van der Waals surface area contributed by atoms with Crippen LogP contribution < -0.4 is 5.32 Å². The van der Waals surface area contributed by atoms with Crippen molar-refractivity contribution in [3.8, 4) is 0 Å². The van der Waals surface area contributed by atoms with Gasteiger partial charge in [-0.25, -0.2) is 4.98 Å². The molecule has 2 amide bonds. The van der Waals surface area contributed by atoms with Gasteiger partial charge in [0.2, 0.25) is 5.91 Å². The number of amides is 2. The molecule has 7 heteroatoms. The fourth-order valence-corrected chi connectivity index (χ4v) is 4.28. The number of likely N-dealkylation sites (tertiary alicyclic amines) is 1. The van der Waals surface area contributed by atoms with Gasteiger partial charge in [-0.15, -0.1) is 11.3 Å². The summed E-state index contributed by atoms with van der Waals surface area (Å²) in [5.74, 6) is 0.368. The predicted molar refractivity (Wildman–Crippen MR) is 107 cm³/mol. The molecule has 0 aliphatic carbocycles. The third kappa shape index (κ3) is 3.84. The molecule has 0 radical (unpaired) electrons. The first kappa shape index (κ1) is 18.4. The van der Waals surface area contributed by atoms with Gasteiger partial charge in [-0.3, -0.25) is 14.9 Å². The molecule has 3 heterocycles. The van der Waals surface area contributed by atoms with E-state index in [2.05, 4.69) is 22.4 Å². The standard InChI is InChI=1S/C21H21N3O3S/c1-14-17(9-11-27-14)20(26)23-21-22-16(13-28-21)12-19(25)24-10-5-8-18(24)15-6-3-2-4-7-15/h2-4,6-7,9,11,13,18H,5,8,10,12H2,1H3,(H,22,23,26). The molecule has 0 spiro atoms. The van der Waals surface area contributed by atoms with E-state index >= 15 is 0 Å². The zero-order valence-electron chi connectivity index (χ0n) is 15.6. The number of hydrogen-bond donors (Lipinski definition) is 1. The van der Waals surface area contributed by atoms with Gasteiger partial charge < -0.3 is 9.32 Å². The number of nitrogens with zero attached hydrogens (tertiary/aromatic N) is 2. The van der Waals surface area contributed by atoms with E-state index in [-0.39, 0.29) is 24.3 Å². The van der Waals surface area contributed by atoms with E-state index in [1.54, 1.807) is 13.0 Å². The highest BCUT2D eigenvalue weighted by Crippen LogP contribution is 2.32. The van der Waals surface area contributed by atoms with Gasteiger partial charge in [0.25, 0.3) is 5.91 Å². The lowest BCUT2D eigenvalue weighted by Gasteiger charge is -2.25. The molecular weight excluding hydrogens is 374 g/mol. The lowest BCUT2D eigenvalue weighted by atomic mass is 10.0. The van der Waals surface area contributed by atoms with Gasteiger partial charge in [0.1, 0.15) is 5.76 Å². The lowest BCUT2D eigenvalue weighted by Crippen LogP contribution is -2.31. The molecule has 1 aliphatic heterocycles. The Bertz CT molecular complexity index is 980. The molecular formula is C21H21N3O3S. The summed E-state index contributed by atoms with van der Waals surface area (Å²) in [7, 11) is 0. The minimum Gasteiger partial charge on any atom is -0.469 e. The minimum absolute atomic E-state index is 0.0696. The summed E-state index contributed by atoms with van der Waals surface area (Å²) in [5, 5.41) is 5.07. The molecule has 4 rings (SSSR count). The third-order valence-electron chi connectivity index (χ3n) is 4.97. The summed E-state index contributed by atoms with van der Waals surface area (Å²) in [5.41, 5.74) is 2.33. The summed E-state index contributed by atoms with van der Waals surface area (Å²) >= 11 is 1.32. The van der Waals surface area contributed by atoms with Gasteiger partial charge in [0.05, 0.1) is 30.0 Å². The number of thiazole rings is 1. The fourth-order valence-electron chi connectivity index (χ4n) is 3.57. The van der Waals surface area contributed by atoms with Crippen molar-refractivity contribution in [1.82, 2.24) is 9.88 Å². The number of aromatic nitrogens is 1. The zero-order chi connectivity index (χ0) is 19.5. The summed E-state index contributed by atoms with van der Waals surface area (Å²) in [4.78, 5) is 31.5. The Morgan fingerprint density at radius 2 is 2.11 bits per heavy atom. The van der Waals surface area contributed by atoms with Gasteiger partial charge in [0.15, 0.2) is 5.13 Å². The van der Waals surface area contributed by atoms with Crippen molar-refractivity contribution < 1.29 is 14.0 Å². The van der Waals surface area contributed by atoms with Crippen molar-refractivity contribution >= 4 is 28.3 Å². The van der Waals surface area contributed by atoms with Gasteiger partial charge in [-0.05, 0) is 31.4 Å². The van der Waals surface area contributed by atoms with Crippen LogP contribution in [-0.4, -0.2) is 28.2 Å². The molecule has 1 fully saturated rings. The van der Waals surface area contributed by atoms with Crippen LogP contribution in [0.4, 0.5) is 5.13 Å². The molecule has 1 atom stereocenters. The van der Waals surface area contributed by atoms with Gasteiger partial charge in [-0.1, -0.05) is 30.3 Å². The Hall–Kier alpha value is -2.93. The predicted octanol–water partition coefficient (Wildman–Crippen LogP) is 4.20. The highest BCUT2D eigenvalue weighted by atomic mass is 32.1. The average molecular weight is 395 g/mol. The van der Waals surface area contributed by atoms with Crippen LogP contribution in [0, 0.1) is 6.92 Å². The number of rotatable bonds is 5. The molecule has 1 aromatic carbocycles. The molecule has 0 bridgehead atoms. The molecule has 3 aromatic rings. The Labute approximate surface area is 167 Å². The van der Waals surface area contributed by atoms with Crippen LogP contribution >= 0.6 is 11.3 Å². The van der Waals surface area contributed by atoms with Crippen molar-refractivity contribution in [2.24, 2.45) is 0 Å². The first-order valence-electron chi connectivity index (χ1n) is 9.26. The number of anilines is 1. The molecule has 28 heavy (non-hydrogen) atoms. The van der Waals surface area contributed by atoms with Crippen LogP contribution in [0.15, 0.2) is 52.5 Å². The van der Waals surface area contributed by atoms with Crippen molar-refractivity contribution in [3.63, 3.8) is 0 Å². The number of nitrogens with one attached hydrogen (secondary N) is 1. The molecule has 1 unspecified atom stereocenters. The second-order valence-electron chi connectivity index (χ2n) is 6.82. The van der Waals surface area contributed by atoms with E-state index in [9.17, 15) is 9.59 Å². The summed E-state index contributed by atoms with van der Waals surface area (Å²) < 4.78 is 5.16. The topological polar surface area (TPSA) is 75.4 Å². The number of carbonyl (C=O) groups is 2. The maximum absolute atomic E-state index is 12.9. The van der Waals surface area contributed by atoms with Gasteiger partial charge in [0, 0.05) is 11.9 Å². The first-order valence-corrected chi connectivity index (χ1v) is 10.1. The molecule has 144 valence electrons. The van der Waals surface area contributed by atoms with Crippen LogP contribution in [0.25, 0.3) is 0 Å². The lowest BCUT2D eigenvalue weighted by molar-refractivity contribution is -0.131. The summed E-state index contributed by atoms with van der Waals surface area (Å²) in [6.07, 6.45) is 3.71. The highest BCUT2D eigenvalue weighted by Gasteiger charge is 2.30. The number of aryl methyl sites for hydroxylation is 1. The summed E-state index contributed by atoms with van der Waals surface area (Å²) in [6, 6.07) is 11.9. The Kier molecular flexibility index (Phi) is 5.25. The minimum atomic E-state index is -0.262. The smallest absolute Gasteiger partial charge is 0.260 e. The van der Waals surface area contributed by atoms with E-state index in [1.165, 1.54) is 23.2 Å². The van der Waals surface area contributed by atoms with E-state index in [4.69, 9.17) is 4.42 Å². The van der Waals surface area contributed by atoms with E-state index in [0.29, 0.717) is 22.1 Å². The molecule has 6 nitrogen and oxygen atoms in total. The summed E-state index contributed by atoms with van der Waals surface area (Å²) in [6.45, 7) is 2.51. The van der Waals surface area contributed by atoms with Crippen LogP contribution in [-0.2, 0) is 11.2 Å². The zero-order valence-corrected chi connectivity index (χ0v) is 16.4. The number of hydrogen-bond acceptors (Lipinski definition) is 5. The van der Waals surface area contributed by atoms with E-state index in [1.807, 2.05) is 28.5 Å². The van der Waals surface area contributed by atoms with Crippen LogP contribution in [0.5, 0.6) is 0 Å². The maximum atomic E-state index is 12.9. The molecule has 2 aromatic heterocycles. The van der Waals surface area contributed by atoms with Crippen LogP contribution in [0.1, 0.15) is 46.3 Å². The molecule has 0 saturated carbocycles. The van der Waals surface area contributed by atoms with Gasteiger partial charge >= 0.3 is 0 Å². The number of benzene rings is 1. The second-order valence-corrected chi connectivity index (χ2v) is 7.68. The van der Waals surface area contributed by atoms with Crippen LogP contribution in [0.3, 0.4) is 0 Å². The maximum Gasteiger partial charge on any atom is 0.260 e. The highest BCUT2D eigenvalue weighted by molar-refractivity contribution is 7.14. The average Bonchev–Trinajstić information content (AvgIpc) is 3.43. The Morgan fingerprint density at radius 3 is 2.86 bits per heavy atom. The van der Waals surface area contributed by atoms with Crippen molar-refractivity contribution in [3.05, 3.63) is 70.6 Å². The Balaban J connectivity index is 1.40. The number of furan rings is 1. The van der Waals surface area contributed by atoms with Crippen molar-refractivity contribution in [1.29, 1.82) is 0 Å². The van der Waals surface area contributed by atoms with Gasteiger partial charge in [-0.2, -0.15) is 0 Å². The normalized spacial score (nSPS) is 16.3. The van der Waals surface area contributed by atoms with E-state index < -0.39 is 0 Å². The monoisotopic (exact) mass is 395 g/mol. The van der Waals surface area contributed by atoms with Crippen molar-refractivity contribution in [2.75, 3.05) is 11.9 Å². The first-order chi connectivity index (χ1) is 13.6. The second kappa shape index (κ2) is 7.98. The fraction of sp³-hybridized carbons (Fsp3) is 0.286. The number of carbonyl (C=O) groups excluding carboxylic acids is 2. The SMILES string of the molecule is Cc1occc1C(=O)Nc1nc(CC(=O)N2CCCC2c2ccccc2)cs1. The molecule has 1 saturated heterocycles. The largest absolute Gasteiger partial charge is 0.469 e. The molecule has 1 aliphatic rings. The quantitative estimate of drug-likeness (QED) is 0.702. The van der Waals surface area contributed by atoms with Crippen molar-refractivity contribution in [2.45, 2.75) is 32.2 Å². The molecule has 1 N–H and O–H groups in total. The Morgan fingerprint density at radius 1 is 1.29 bits per heavy atom. The van der Waals surface area contributed by atoms with Crippen LogP contribution in [0.2, 0.25) is 0 Å². The third-order valence-corrected chi connectivity index (χ3v) is 5.77.